The number of rotatable bonds is 2. The van der Waals surface area contributed by atoms with Crippen LogP contribution in [0.2, 0.25) is 0 Å². The smallest absolute Gasteiger partial charge is 0.219 e. The zero-order chi connectivity index (χ0) is 13.8. The molecule has 0 aliphatic carbocycles. The van der Waals surface area contributed by atoms with E-state index in [0.717, 1.165) is 49.3 Å². The van der Waals surface area contributed by atoms with Crippen LogP contribution in [-0.2, 0) is 11.3 Å². The van der Waals surface area contributed by atoms with Gasteiger partial charge in [0.1, 0.15) is 0 Å². The van der Waals surface area contributed by atoms with E-state index < -0.39 is 0 Å². The molecule has 1 aliphatic heterocycles. The highest BCUT2D eigenvalue weighted by Crippen LogP contribution is 2.25. The number of benzene rings is 1. The summed E-state index contributed by atoms with van der Waals surface area (Å²) in [4.78, 5) is 15.7. The van der Waals surface area contributed by atoms with Crippen LogP contribution in [0.1, 0.15) is 18.9 Å². The van der Waals surface area contributed by atoms with E-state index in [1.54, 1.807) is 6.92 Å². The maximum Gasteiger partial charge on any atom is 0.219 e. The highest BCUT2D eigenvalue weighted by molar-refractivity contribution is 9.10. The van der Waals surface area contributed by atoms with Gasteiger partial charge in [-0.15, -0.1) is 0 Å². The van der Waals surface area contributed by atoms with Crippen molar-refractivity contribution < 1.29 is 4.79 Å². The molecule has 0 unspecified atom stereocenters. The summed E-state index contributed by atoms with van der Waals surface area (Å²) in [5, 5.41) is 0. The summed E-state index contributed by atoms with van der Waals surface area (Å²) in [6, 6.07) is 5.97. The average Bonchev–Trinajstić information content (AvgIpc) is 2.60. The van der Waals surface area contributed by atoms with E-state index in [2.05, 4.69) is 26.9 Å². The molecule has 1 saturated heterocycles. The Morgan fingerprint density at radius 2 is 2.11 bits per heavy atom. The van der Waals surface area contributed by atoms with Gasteiger partial charge < -0.3 is 10.6 Å². The molecule has 1 amide bonds. The van der Waals surface area contributed by atoms with Crippen molar-refractivity contribution >= 4 is 27.5 Å². The number of hydrogen-bond acceptors (Lipinski definition) is 3. The largest absolute Gasteiger partial charge is 0.398 e. The Bertz CT molecular complexity index is 464. The lowest BCUT2D eigenvalue weighted by Gasteiger charge is -2.21. The first kappa shape index (κ1) is 14.3. The van der Waals surface area contributed by atoms with Crippen molar-refractivity contribution in [2.24, 2.45) is 0 Å². The Morgan fingerprint density at radius 1 is 1.32 bits per heavy atom. The Hall–Kier alpha value is -1.07. The van der Waals surface area contributed by atoms with Crippen LogP contribution in [0.3, 0.4) is 0 Å². The molecule has 5 heteroatoms. The number of nitrogen functional groups attached to an aromatic ring is 1. The molecule has 0 aromatic heterocycles. The monoisotopic (exact) mass is 325 g/mol. The van der Waals surface area contributed by atoms with Gasteiger partial charge in [-0.25, -0.2) is 0 Å². The third-order valence-corrected chi connectivity index (χ3v) is 4.50. The lowest BCUT2D eigenvalue weighted by Crippen LogP contribution is -2.33. The fourth-order valence-electron chi connectivity index (χ4n) is 2.41. The van der Waals surface area contributed by atoms with Crippen molar-refractivity contribution in [3.05, 3.63) is 28.2 Å². The molecule has 1 fully saturated rings. The third kappa shape index (κ3) is 3.70. The van der Waals surface area contributed by atoms with Gasteiger partial charge in [0, 0.05) is 49.8 Å². The van der Waals surface area contributed by atoms with Crippen LogP contribution in [0.5, 0.6) is 0 Å². The number of anilines is 1. The number of nitrogens with two attached hydrogens (primary N) is 1. The van der Waals surface area contributed by atoms with Gasteiger partial charge in [-0.05, 0) is 34.0 Å². The summed E-state index contributed by atoms with van der Waals surface area (Å²) >= 11 is 3.55. The Morgan fingerprint density at radius 3 is 2.84 bits per heavy atom. The topological polar surface area (TPSA) is 49.6 Å². The number of carbonyl (C=O) groups excluding carboxylic acids is 1. The predicted octanol–water partition coefficient (Wildman–Crippen LogP) is 2.09. The second-order valence-corrected chi connectivity index (χ2v) is 5.75. The SMILES string of the molecule is CC(=O)N1CCCN(Cc2cccc(N)c2Br)CC1. The van der Waals surface area contributed by atoms with Crippen molar-refractivity contribution in [2.75, 3.05) is 31.9 Å². The van der Waals surface area contributed by atoms with Crippen molar-refractivity contribution in [3.8, 4) is 0 Å². The van der Waals surface area contributed by atoms with Crippen molar-refractivity contribution in [1.29, 1.82) is 0 Å². The molecule has 104 valence electrons. The van der Waals surface area contributed by atoms with E-state index in [1.165, 1.54) is 5.56 Å². The minimum Gasteiger partial charge on any atom is -0.398 e. The number of hydrogen-bond donors (Lipinski definition) is 1. The highest BCUT2D eigenvalue weighted by atomic mass is 79.9. The van der Waals surface area contributed by atoms with E-state index in [0.29, 0.717) is 0 Å². The molecule has 0 saturated carbocycles. The van der Waals surface area contributed by atoms with Gasteiger partial charge in [-0.2, -0.15) is 0 Å². The molecule has 0 spiro atoms. The van der Waals surface area contributed by atoms with Crippen LogP contribution >= 0.6 is 15.9 Å². The van der Waals surface area contributed by atoms with Crippen LogP contribution in [0, 0.1) is 0 Å². The summed E-state index contributed by atoms with van der Waals surface area (Å²) in [5.41, 5.74) is 7.88. The maximum atomic E-state index is 11.4. The average molecular weight is 326 g/mol. The summed E-state index contributed by atoms with van der Waals surface area (Å²) in [7, 11) is 0. The van der Waals surface area contributed by atoms with Crippen molar-refractivity contribution in [2.45, 2.75) is 19.9 Å². The molecule has 1 aromatic carbocycles. The predicted molar refractivity (Wildman–Crippen MR) is 80.7 cm³/mol. The van der Waals surface area contributed by atoms with Gasteiger partial charge in [-0.3, -0.25) is 9.69 Å². The zero-order valence-corrected chi connectivity index (χ0v) is 12.8. The van der Waals surface area contributed by atoms with Crippen LogP contribution < -0.4 is 5.73 Å². The van der Waals surface area contributed by atoms with Gasteiger partial charge in [0.15, 0.2) is 0 Å². The first-order valence-corrected chi connectivity index (χ1v) is 7.38. The first-order chi connectivity index (χ1) is 9.08. The summed E-state index contributed by atoms with van der Waals surface area (Å²) in [6.45, 7) is 6.13. The van der Waals surface area contributed by atoms with Gasteiger partial charge in [0.05, 0.1) is 0 Å². The van der Waals surface area contributed by atoms with E-state index in [4.69, 9.17) is 5.73 Å². The molecule has 0 atom stereocenters. The molecule has 1 heterocycles. The van der Waals surface area contributed by atoms with Crippen LogP contribution in [0.25, 0.3) is 0 Å². The molecule has 0 bridgehead atoms. The molecule has 2 N–H and O–H groups in total. The van der Waals surface area contributed by atoms with Gasteiger partial charge in [0.25, 0.3) is 0 Å². The lowest BCUT2D eigenvalue weighted by molar-refractivity contribution is -0.128. The minimum absolute atomic E-state index is 0.173. The number of carbonyl (C=O) groups is 1. The van der Waals surface area contributed by atoms with E-state index in [-0.39, 0.29) is 5.91 Å². The fraction of sp³-hybridized carbons (Fsp3) is 0.500. The van der Waals surface area contributed by atoms with Crippen LogP contribution in [0.4, 0.5) is 5.69 Å². The van der Waals surface area contributed by atoms with Crippen LogP contribution in [0.15, 0.2) is 22.7 Å². The quantitative estimate of drug-likeness (QED) is 0.847. The van der Waals surface area contributed by atoms with E-state index in [1.807, 2.05) is 17.0 Å². The fourth-order valence-corrected chi connectivity index (χ4v) is 2.80. The Balaban J connectivity index is 2.00. The molecule has 1 aromatic rings. The Labute approximate surface area is 122 Å². The molecular weight excluding hydrogens is 306 g/mol. The van der Waals surface area contributed by atoms with E-state index in [9.17, 15) is 4.79 Å². The van der Waals surface area contributed by atoms with Crippen molar-refractivity contribution in [3.63, 3.8) is 0 Å². The van der Waals surface area contributed by atoms with Gasteiger partial charge >= 0.3 is 0 Å². The van der Waals surface area contributed by atoms with E-state index >= 15 is 0 Å². The second-order valence-electron chi connectivity index (χ2n) is 4.96. The lowest BCUT2D eigenvalue weighted by atomic mass is 10.2. The maximum absolute atomic E-state index is 11.4. The molecule has 2 rings (SSSR count). The Kier molecular flexibility index (Phi) is 4.82. The standard InChI is InChI=1S/C14H20BrN3O/c1-11(19)18-7-3-6-17(8-9-18)10-12-4-2-5-13(16)14(12)15/h2,4-5H,3,6-10,16H2,1H3. The summed E-state index contributed by atoms with van der Waals surface area (Å²) in [6.07, 6.45) is 1.03. The molecule has 19 heavy (non-hydrogen) atoms. The number of amides is 1. The molecule has 0 radical (unpaired) electrons. The highest BCUT2D eigenvalue weighted by Gasteiger charge is 2.17. The third-order valence-electron chi connectivity index (χ3n) is 3.54. The zero-order valence-electron chi connectivity index (χ0n) is 11.2. The first-order valence-electron chi connectivity index (χ1n) is 6.58. The second kappa shape index (κ2) is 6.39. The van der Waals surface area contributed by atoms with Gasteiger partial charge in [0.2, 0.25) is 5.91 Å². The summed E-state index contributed by atoms with van der Waals surface area (Å²) < 4.78 is 0.989. The molecular formula is C14H20BrN3O. The number of nitrogens with zero attached hydrogens (tertiary/aromatic N) is 2. The summed E-state index contributed by atoms with van der Waals surface area (Å²) in [5.74, 6) is 0.173. The van der Waals surface area contributed by atoms with Gasteiger partial charge in [-0.1, -0.05) is 12.1 Å². The molecule has 1 aliphatic rings. The molecule has 4 nitrogen and oxygen atoms in total. The van der Waals surface area contributed by atoms with Crippen LogP contribution in [-0.4, -0.2) is 41.9 Å². The normalized spacial score (nSPS) is 17.3. The van der Waals surface area contributed by atoms with Crippen molar-refractivity contribution in [1.82, 2.24) is 9.80 Å². The minimum atomic E-state index is 0.173. The number of halogens is 1.